The van der Waals surface area contributed by atoms with Crippen molar-refractivity contribution in [3.05, 3.63) is 121 Å². The molecule has 0 bridgehead atoms. The van der Waals surface area contributed by atoms with Crippen molar-refractivity contribution in [3.63, 3.8) is 0 Å². The van der Waals surface area contributed by atoms with Gasteiger partial charge in [0, 0.05) is 21.5 Å². The summed E-state index contributed by atoms with van der Waals surface area (Å²) >= 11 is 0. The van der Waals surface area contributed by atoms with Crippen LogP contribution in [0.5, 0.6) is 11.5 Å². The third-order valence-electron chi connectivity index (χ3n) is 6.74. The quantitative estimate of drug-likeness (QED) is 0.139. The topological polar surface area (TPSA) is 89.5 Å². The summed E-state index contributed by atoms with van der Waals surface area (Å²) < 4.78 is 48.3. The Hall–Kier alpha value is -4.58. The molecule has 2 heterocycles. The molecule has 0 spiro atoms. The third kappa shape index (κ3) is 6.35. The van der Waals surface area contributed by atoms with E-state index in [2.05, 4.69) is 0 Å². The molecule has 0 aliphatic rings. The van der Waals surface area contributed by atoms with Crippen molar-refractivity contribution in [2.75, 3.05) is 26.4 Å². The summed E-state index contributed by atoms with van der Waals surface area (Å²) in [6, 6.07) is 38.8. The predicted octanol–water partition coefficient (Wildman–Crippen LogP) is 9.91. The predicted molar refractivity (Wildman–Crippen MR) is 173 cm³/mol. The number of benzene rings is 5. The first-order chi connectivity index (χ1) is 21.8. The summed E-state index contributed by atoms with van der Waals surface area (Å²) in [5, 5.41) is 3.87. The van der Waals surface area contributed by atoms with Gasteiger partial charge in [-0.05, 0) is 36.4 Å². The van der Waals surface area contributed by atoms with E-state index in [-0.39, 0.29) is 26.4 Å². The fourth-order valence-electron chi connectivity index (χ4n) is 4.75. The highest BCUT2D eigenvalue weighted by Gasteiger charge is 2.10. The van der Waals surface area contributed by atoms with Gasteiger partial charge >= 0.3 is 16.5 Å². The lowest BCUT2D eigenvalue weighted by Gasteiger charge is -2.12. The molecule has 7 rings (SSSR count). The minimum Gasteiger partial charge on any atom is -0.487 e. The zero-order valence-corrected chi connectivity index (χ0v) is 25.3. The fraction of sp³-hybridized carbons (Fsp3) is 0.118. The maximum atomic E-state index is 6.08. The van der Waals surface area contributed by atoms with Gasteiger partial charge in [0.2, 0.25) is 0 Å². The summed E-state index contributed by atoms with van der Waals surface area (Å²) in [7, 11) is -3.32. The van der Waals surface area contributed by atoms with Crippen molar-refractivity contribution in [2.24, 2.45) is 0 Å². The molecule has 5 aromatic carbocycles. The molecule has 0 unspecified atom stereocenters. The number of hydrogen-bond donors (Lipinski definition) is 0. The average Bonchev–Trinajstić information content (AvgIpc) is 3.33. The van der Waals surface area contributed by atoms with Crippen molar-refractivity contribution in [1.82, 2.24) is 0 Å². The monoisotopic (exact) mass is 626 g/mol. The van der Waals surface area contributed by atoms with Crippen LogP contribution in [0.1, 0.15) is 0 Å². The van der Waals surface area contributed by atoms with Gasteiger partial charge in [0.25, 0.3) is 0 Å². The summed E-state index contributed by atoms with van der Waals surface area (Å²) in [5.74, 6) is 1.19. The highest BCUT2D eigenvalue weighted by Crippen LogP contribution is 2.35. The summed E-state index contributed by atoms with van der Waals surface area (Å²) in [6.07, 6.45) is 0. The zero-order chi connectivity index (χ0) is 29.6. The van der Waals surface area contributed by atoms with Crippen molar-refractivity contribution >= 4 is 60.4 Å². The first kappa shape index (κ1) is 28.2. The Bertz CT molecular complexity index is 1850. The molecule has 0 saturated heterocycles. The molecular weight excluding hydrogens is 598 g/mol. The van der Waals surface area contributed by atoms with Crippen molar-refractivity contribution in [2.45, 2.75) is 0 Å². The molecule has 0 atom stereocenters. The van der Waals surface area contributed by atoms with Crippen LogP contribution in [0.15, 0.2) is 138 Å². The second-order valence-corrected chi connectivity index (χ2v) is 11.7. The SMILES string of the molecule is c1ccc(OCCOp2oc3ccccc3c3ccccc3o2)c(OCCOp2oc3ccccc3c3ccccc3o2)c1. The lowest BCUT2D eigenvalue weighted by atomic mass is 10.1. The molecule has 0 fully saturated rings. The van der Waals surface area contributed by atoms with Crippen LogP contribution in [0.4, 0.5) is 0 Å². The summed E-state index contributed by atoms with van der Waals surface area (Å²) in [4.78, 5) is 0. The van der Waals surface area contributed by atoms with Gasteiger partial charge in [-0.2, -0.15) is 0 Å². The fourth-order valence-corrected chi connectivity index (χ4v) is 6.77. The van der Waals surface area contributed by atoms with Crippen LogP contribution >= 0.6 is 16.5 Å². The van der Waals surface area contributed by atoms with Crippen LogP contribution < -0.4 is 18.5 Å². The average molecular weight is 627 g/mol. The van der Waals surface area contributed by atoms with Gasteiger partial charge in [-0.25, -0.2) is 0 Å². The van der Waals surface area contributed by atoms with E-state index in [4.69, 9.17) is 35.3 Å². The molecular formula is C34H28O8P2. The molecule has 8 nitrogen and oxygen atoms in total. The van der Waals surface area contributed by atoms with E-state index in [1.54, 1.807) is 0 Å². The van der Waals surface area contributed by atoms with Crippen molar-refractivity contribution in [3.8, 4) is 11.5 Å². The maximum absolute atomic E-state index is 6.08. The molecule has 0 saturated carbocycles. The standard InChI is InChI=1S/C34H28O8P2/c1-5-15-29-25(11-1)26-12-2-6-16-30(26)40-43(39-29)37-23-21-35-33-19-9-10-20-34(33)36-22-24-38-44-41-31-17-7-3-13-27(31)28-14-4-8-18-32(28)42-44/h1-20H,21-24H2. The second kappa shape index (κ2) is 13.4. The maximum Gasteiger partial charge on any atom is 0.387 e. The second-order valence-electron chi connectivity index (χ2n) is 9.61. The Morgan fingerprint density at radius 2 is 0.659 bits per heavy atom. The largest absolute Gasteiger partial charge is 0.487 e. The van der Waals surface area contributed by atoms with Gasteiger partial charge in [0.05, 0.1) is 13.2 Å². The van der Waals surface area contributed by atoms with Crippen molar-refractivity contribution in [1.29, 1.82) is 0 Å². The van der Waals surface area contributed by atoms with Crippen molar-refractivity contribution < 1.29 is 35.3 Å². The molecule has 0 N–H and O–H groups in total. The van der Waals surface area contributed by atoms with E-state index < -0.39 is 16.5 Å². The summed E-state index contributed by atoms with van der Waals surface area (Å²) in [5.41, 5.74) is 2.89. The highest BCUT2D eigenvalue weighted by atomic mass is 31.1. The Labute approximate surface area is 254 Å². The van der Waals surface area contributed by atoms with Crippen LogP contribution in [0, 0.1) is 0 Å². The minimum absolute atomic E-state index is 0.259. The lowest BCUT2D eigenvalue weighted by Crippen LogP contribution is -2.11. The van der Waals surface area contributed by atoms with Gasteiger partial charge in [0.15, 0.2) is 11.5 Å². The van der Waals surface area contributed by atoms with Gasteiger partial charge < -0.3 is 26.3 Å². The first-order valence-corrected chi connectivity index (χ1v) is 16.3. The number of fused-ring (bicyclic) bond motifs is 6. The Kier molecular flexibility index (Phi) is 8.57. The first-order valence-electron chi connectivity index (χ1n) is 14.1. The van der Waals surface area contributed by atoms with E-state index in [9.17, 15) is 0 Å². The molecule has 10 heteroatoms. The Morgan fingerprint density at radius 1 is 0.364 bits per heavy atom. The molecule has 7 aromatic rings. The van der Waals surface area contributed by atoms with Gasteiger partial charge in [-0.3, -0.25) is 9.05 Å². The minimum atomic E-state index is -1.66. The van der Waals surface area contributed by atoms with E-state index in [0.29, 0.717) is 11.5 Å². The molecule has 0 amide bonds. The summed E-state index contributed by atoms with van der Waals surface area (Å²) in [6.45, 7) is 1.07. The molecule has 2 aromatic heterocycles. The molecule has 0 radical (unpaired) electrons. The number of hydrogen-bond acceptors (Lipinski definition) is 8. The molecule has 222 valence electrons. The number of rotatable bonds is 10. The van der Waals surface area contributed by atoms with Crippen LogP contribution in [-0.4, -0.2) is 26.4 Å². The molecule has 44 heavy (non-hydrogen) atoms. The normalized spacial score (nSPS) is 11.3. The van der Waals surface area contributed by atoms with E-state index in [1.165, 1.54) is 0 Å². The Morgan fingerprint density at radius 3 is 1.00 bits per heavy atom. The van der Waals surface area contributed by atoms with E-state index in [1.807, 2.05) is 121 Å². The smallest absolute Gasteiger partial charge is 0.387 e. The van der Waals surface area contributed by atoms with Gasteiger partial charge in [-0.1, -0.05) is 84.9 Å². The van der Waals surface area contributed by atoms with Crippen LogP contribution in [0.2, 0.25) is 0 Å². The Balaban J connectivity index is 0.980. The van der Waals surface area contributed by atoms with Crippen LogP contribution in [-0.2, 0) is 0 Å². The molecule has 0 aliphatic heterocycles. The highest BCUT2D eigenvalue weighted by molar-refractivity contribution is 7.32. The van der Waals surface area contributed by atoms with E-state index in [0.717, 1.165) is 43.9 Å². The van der Waals surface area contributed by atoms with Crippen LogP contribution in [0.3, 0.4) is 0 Å². The zero-order valence-electron chi connectivity index (χ0n) is 23.5. The van der Waals surface area contributed by atoms with Gasteiger partial charge in [0.1, 0.15) is 35.5 Å². The van der Waals surface area contributed by atoms with Gasteiger partial charge in [-0.15, -0.1) is 0 Å². The third-order valence-corrected chi connectivity index (χ3v) is 8.91. The lowest BCUT2D eigenvalue weighted by molar-refractivity contribution is 0.215. The van der Waals surface area contributed by atoms with E-state index >= 15 is 0 Å². The number of ether oxygens (including phenoxy) is 2. The van der Waals surface area contributed by atoms with Crippen LogP contribution in [0.25, 0.3) is 43.9 Å². The molecule has 0 aliphatic carbocycles. The number of para-hydroxylation sites is 6.